The van der Waals surface area contributed by atoms with Crippen LogP contribution in [0.25, 0.3) is 0 Å². The van der Waals surface area contributed by atoms with Crippen LogP contribution < -0.4 is 20.1 Å². The lowest BCUT2D eigenvalue weighted by atomic mass is 10.2. The van der Waals surface area contributed by atoms with Crippen LogP contribution in [0.1, 0.15) is 12.0 Å². The molecule has 1 aromatic rings. The van der Waals surface area contributed by atoms with Crippen LogP contribution in [0.2, 0.25) is 0 Å². The third kappa shape index (κ3) is 4.51. The first-order chi connectivity index (χ1) is 11.0. The highest BCUT2D eigenvalue weighted by atomic mass is 32.2. The Morgan fingerprint density at radius 2 is 2.13 bits per heavy atom. The predicted molar refractivity (Wildman–Crippen MR) is 89.9 cm³/mol. The molecular formula is C15H23N3O4S. The summed E-state index contributed by atoms with van der Waals surface area (Å²) in [6.07, 6.45) is 0.603. The molecule has 8 heteroatoms. The molecule has 128 valence electrons. The minimum Gasteiger partial charge on any atom is -0.493 e. The Morgan fingerprint density at radius 1 is 1.35 bits per heavy atom. The maximum absolute atomic E-state index is 11.5. The summed E-state index contributed by atoms with van der Waals surface area (Å²) < 4.78 is 33.7. The van der Waals surface area contributed by atoms with Crippen molar-refractivity contribution in [2.45, 2.75) is 19.0 Å². The summed E-state index contributed by atoms with van der Waals surface area (Å²) in [5.74, 6) is 2.27. The number of methoxy groups -OCH3 is 2. The van der Waals surface area contributed by atoms with Gasteiger partial charge in [0.2, 0.25) is 0 Å². The molecule has 0 spiro atoms. The molecule has 0 saturated carbocycles. The highest BCUT2D eigenvalue weighted by Crippen LogP contribution is 2.30. The van der Waals surface area contributed by atoms with Gasteiger partial charge in [-0.25, -0.2) is 8.42 Å². The average molecular weight is 341 g/mol. The largest absolute Gasteiger partial charge is 0.493 e. The molecule has 0 aliphatic carbocycles. The predicted octanol–water partition coefficient (Wildman–Crippen LogP) is 0.556. The van der Waals surface area contributed by atoms with Crippen molar-refractivity contribution in [3.8, 4) is 11.5 Å². The lowest BCUT2D eigenvalue weighted by Gasteiger charge is -2.17. The molecule has 1 aliphatic rings. The number of para-hydroxylation sites is 1. The molecule has 1 aromatic carbocycles. The topological polar surface area (TPSA) is 89.0 Å². The standard InChI is InChI=1S/C15H23N3O4S/c1-16-15(18-12-7-8-23(19,20)10-12)17-9-11-5-4-6-13(21-2)14(11)22-3/h4-6,12H,7-10H2,1-3H3,(H2,16,17,18). The molecule has 1 heterocycles. The molecule has 1 unspecified atom stereocenters. The Kier molecular flexibility index (Phi) is 5.70. The lowest BCUT2D eigenvalue weighted by Crippen LogP contribution is -2.43. The Morgan fingerprint density at radius 3 is 2.70 bits per heavy atom. The number of hydrogen-bond acceptors (Lipinski definition) is 5. The van der Waals surface area contributed by atoms with Crippen LogP contribution in [0.4, 0.5) is 0 Å². The van der Waals surface area contributed by atoms with Gasteiger partial charge in [-0.1, -0.05) is 12.1 Å². The summed E-state index contributed by atoms with van der Waals surface area (Å²) in [7, 11) is 1.92. The van der Waals surface area contributed by atoms with Crippen molar-refractivity contribution in [1.82, 2.24) is 10.6 Å². The van der Waals surface area contributed by atoms with E-state index in [0.29, 0.717) is 30.4 Å². The molecule has 0 bridgehead atoms. The van der Waals surface area contributed by atoms with Crippen LogP contribution >= 0.6 is 0 Å². The van der Waals surface area contributed by atoms with Crippen molar-refractivity contribution >= 4 is 15.8 Å². The molecule has 7 nitrogen and oxygen atoms in total. The molecule has 2 rings (SSSR count). The molecule has 0 aromatic heterocycles. The van der Waals surface area contributed by atoms with E-state index in [-0.39, 0.29) is 17.5 Å². The van der Waals surface area contributed by atoms with E-state index in [1.165, 1.54) is 0 Å². The van der Waals surface area contributed by atoms with E-state index in [4.69, 9.17) is 9.47 Å². The first-order valence-corrected chi connectivity index (χ1v) is 9.18. The quantitative estimate of drug-likeness (QED) is 0.601. The van der Waals surface area contributed by atoms with Gasteiger partial charge in [-0.05, 0) is 12.5 Å². The van der Waals surface area contributed by atoms with E-state index in [2.05, 4.69) is 15.6 Å². The zero-order valence-electron chi connectivity index (χ0n) is 13.6. The Hall–Kier alpha value is -1.96. The fraction of sp³-hybridized carbons (Fsp3) is 0.533. The van der Waals surface area contributed by atoms with E-state index in [9.17, 15) is 8.42 Å². The number of nitrogens with zero attached hydrogens (tertiary/aromatic N) is 1. The van der Waals surface area contributed by atoms with E-state index in [1.807, 2.05) is 18.2 Å². The van der Waals surface area contributed by atoms with E-state index in [0.717, 1.165) is 5.56 Å². The van der Waals surface area contributed by atoms with Crippen LogP contribution in [0.15, 0.2) is 23.2 Å². The maximum atomic E-state index is 11.5. The molecule has 2 N–H and O–H groups in total. The van der Waals surface area contributed by atoms with Gasteiger partial charge in [0.25, 0.3) is 0 Å². The minimum absolute atomic E-state index is 0.0987. The molecule has 0 radical (unpaired) electrons. The molecule has 0 amide bonds. The van der Waals surface area contributed by atoms with Gasteiger partial charge in [0.15, 0.2) is 27.3 Å². The summed E-state index contributed by atoms with van der Waals surface area (Å²) in [5, 5.41) is 6.32. The lowest BCUT2D eigenvalue weighted by molar-refractivity contribution is 0.351. The van der Waals surface area contributed by atoms with Crippen LogP contribution in [-0.2, 0) is 16.4 Å². The van der Waals surface area contributed by atoms with Crippen LogP contribution in [0, 0.1) is 0 Å². The van der Waals surface area contributed by atoms with E-state index < -0.39 is 9.84 Å². The summed E-state index contributed by atoms with van der Waals surface area (Å²) in [6, 6.07) is 5.55. The second-order valence-electron chi connectivity index (χ2n) is 5.32. The smallest absolute Gasteiger partial charge is 0.191 e. The van der Waals surface area contributed by atoms with Crippen molar-refractivity contribution in [3.63, 3.8) is 0 Å². The fourth-order valence-electron chi connectivity index (χ4n) is 2.57. The van der Waals surface area contributed by atoms with Crippen molar-refractivity contribution in [2.24, 2.45) is 4.99 Å². The van der Waals surface area contributed by atoms with Gasteiger partial charge in [0.1, 0.15) is 0 Å². The van der Waals surface area contributed by atoms with Crippen molar-refractivity contribution in [3.05, 3.63) is 23.8 Å². The van der Waals surface area contributed by atoms with Crippen molar-refractivity contribution in [2.75, 3.05) is 32.8 Å². The second-order valence-corrected chi connectivity index (χ2v) is 7.55. The Labute approximate surface area is 137 Å². The van der Waals surface area contributed by atoms with E-state index >= 15 is 0 Å². The second kappa shape index (κ2) is 7.54. The summed E-state index contributed by atoms with van der Waals surface area (Å²) in [4.78, 5) is 4.14. The van der Waals surface area contributed by atoms with E-state index in [1.54, 1.807) is 21.3 Å². The maximum Gasteiger partial charge on any atom is 0.191 e. The molecule has 1 fully saturated rings. The monoisotopic (exact) mass is 341 g/mol. The van der Waals surface area contributed by atoms with Gasteiger partial charge >= 0.3 is 0 Å². The van der Waals surface area contributed by atoms with Gasteiger partial charge < -0.3 is 20.1 Å². The van der Waals surface area contributed by atoms with Gasteiger partial charge in [-0.2, -0.15) is 0 Å². The number of aliphatic imine (C=N–C) groups is 1. The Bertz CT molecular complexity index is 673. The summed E-state index contributed by atoms with van der Waals surface area (Å²) >= 11 is 0. The number of benzene rings is 1. The highest BCUT2D eigenvalue weighted by molar-refractivity contribution is 7.91. The number of guanidine groups is 1. The molecular weight excluding hydrogens is 318 g/mol. The molecule has 23 heavy (non-hydrogen) atoms. The number of nitrogens with one attached hydrogen (secondary N) is 2. The fourth-order valence-corrected chi connectivity index (χ4v) is 4.24. The highest BCUT2D eigenvalue weighted by Gasteiger charge is 2.28. The number of sulfone groups is 1. The zero-order valence-corrected chi connectivity index (χ0v) is 14.4. The molecule has 1 saturated heterocycles. The third-order valence-corrected chi connectivity index (χ3v) is 5.50. The molecule has 1 atom stereocenters. The van der Waals surface area contributed by atoms with Gasteiger partial charge in [0.05, 0.1) is 25.7 Å². The third-order valence-electron chi connectivity index (χ3n) is 3.73. The number of hydrogen-bond donors (Lipinski definition) is 2. The first-order valence-electron chi connectivity index (χ1n) is 7.36. The van der Waals surface area contributed by atoms with Crippen LogP contribution in [-0.4, -0.2) is 53.2 Å². The van der Waals surface area contributed by atoms with Crippen molar-refractivity contribution in [1.29, 1.82) is 0 Å². The van der Waals surface area contributed by atoms with Crippen LogP contribution in [0.5, 0.6) is 11.5 Å². The van der Waals surface area contributed by atoms with Gasteiger partial charge in [0, 0.05) is 25.2 Å². The van der Waals surface area contributed by atoms with Crippen LogP contribution in [0.3, 0.4) is 0 Å². The number of rotatable bonds is 5. The minimum atomic E-state index is -2.92. The van der Waals surface area contributed by atoms with Crippen molar-refractivity contribution < 1.29 is 17.9 Å². The normalized spacial score (nSPS) is 20.1. The Balaban J connectivity index is 1.99. The number of ether oxygens (including phenoxy) is 2. The summed E-state index contributed by atoms with van der Waals surface area (Å²) in [5.41, 5.74) is 0.925. The summed E-state index contributed by atoms with van der Waals surface area (Å²) in [6.45, 7) is 0.486. The average Bonchev–Trinajstić information content (AvgIpc) is 2.89. The van der Waals surface area contributed by atoms with Gasteiger partial charge in [-0.3, -0.25) is 4.99 Å². The zero-order chi connectivity index (χ0) is 16.9. The SMILES string of the molecule is CN=C(NCc1cccc(OC)c1OC)NC1CCS(=O)(=O)C1. The van der Waals surface area contributed by atoms with Gasteiger partial charge in [-0.15, -0.1) is 0 Å². The molecule has 1 aliphatic heterocycles. The first kappa shape index (κ1) is 17.4.